The minimum Gasteiger partial charge on any atom is -0.497 e. The molecular weight excluding hydrogens is 256 g/mol. The van der Waals surface area contributed by atoms with E-state index in [1.54, 1.807) is 37.6 Å². The van der Waals surface area contributed by atoms with Gasteiger partial charge in [0.05, 0.1) is 12.7 Å². The Morgan fingerprint density at radius 2 is 2.15 bits per heavy atom. The van der Waals surface area contributed by atoms with Crippen molar-refractivity contribution in [3.05, 3.63) is 47.7 Å². The summed E-state index contributed by atoms with van der Waals surface area (Å²) in [5.41, 5.74) is 4.40. The molecule has 1 amide bonds. The van der Waals surface area contributed by atoms with Crippen molar-refractivity contribution in [2.24, 2.45) is 5.84 Å². The molecule has 4 N–H and O–H groups in total. The Bertz CT molecular complexity index is 628. The van der Waals surface area contributed by atoms with Gasteiger partial charge in [0.15, 0.2) is 5.82 Å². The number of hydrazine groups is 1. The van der Waals surface area contributed by atoms with Crippen molar-refractivity contribution < 1.29 is 9.53 Å². The first kappa shape index (κ1) is 13.8. The fraction of sp³-hybridized carbons (Fsp3) is 0.143. The van der Waals surface area contributed by atoms with Gasteiger partial charge in [0, 0.05) is 11.9 Å². The van der Waals surface area contributed by atoms with Crippen LogP contribution in [0.3, 0.4) is 0 Å². The summed E-state index contributed by atoms with van der Waals surface area (Å²) >= 11 is 0. The fourth-order valence-corrected chi connectivity index (χ4v) is 1.80. The van der Waals surface area contributed by atoms with E-state index in [2.05, 4.69) is 15.7 Å². The molecule has 0 saturated heterocycles. The van der Waals surface area contributed by atoms with Crippen molar-refractivity contribution in [1.29, 1.82) is 0 Å². The fourth-order valence-electron chi connectivity index (χ4n) is 1.80. The van der Waals surface area contributed by atoms with Crippen molar-refractivity contribution >= 4 is 17.4 Å². The number of aromatic nitrogens is 1. The molecule has 0 aliphatic heterocycles. The standard InChI is InChI=1S/C14H16N4O2/c1-9-8-10(20-2)5-6-12(9)17-14(19)11-4-3-7-16-13(11)18-15/h3-8H,15H2,1-2H3,(H,16,18)(H,17,19). The number of aryl methyl sites for hydroxylation is 1. The molecule has 1 heterocycles. The Kier molecular flexibility index (Phi) is 4.17. The van der Waals surface area contributed by atoms with Gasteiger partial charge in [-0.2, -0.15) is 0 Å². The normalized spacial score (nSPS) is 9.95. The van der Waals surface area contributed by atoms with Gasteiger partial charge in [-0.3, -0.25) is 4.79 Å². The molecular formula is C14H16N4O2. The first-order chi connectivity index (χ1) is 9.65. The number of anilines is 2. The molecule has 6 heteroatoms. The highest BCUT2D eigenvalue weighted by Gasteiger charge is 2.12. The topological polar surface area (TPSA) is 89.3 Å². The second kappa shape index (κ2) is 6.03. The van der Waals surface area contributed by atoms with E-state index in [1.165, 1.54) is 0 Å². The zero-order valence-corrected chi connectivity index (χ0v) is 11.3. The van der Waals surface area contributed by atoms with E-state index in [0.29, 0.717) is 17.1 Å². The average molecular weight is 272 g/mol. The molecule has 0 radical (unpaired) electrons. The molecule has 0 spiro atoms. The maximum atomic E-state index is 12.2. The lowest BCUT2D eigenvalue weighted by molar-refractivity contribution is 0.102. The van der Waals surface area contributed by atoms with Gasteiger partial charge < -0.3 is 15.5 Å². The molecule has 0 fully saturated rings. The second-order valence-electron chi connectivity index (χ2n) is 4.18. The maximum absolute atomic E-state index is 12.2. The third kappa shape index (κ3) is 2.86. The molecule has 0 atom stereocenters. The first-order valence-corrected chi connectivity index (χ1v) is 6.03. The molecule has 2 rings (SSSR count). The van der Waals surface area contributed by atoms with Crippen LogP contribution in [0.15, 0.2) is 36.5 Å². The van der Waals surface area contributed by atoms with Gasteiger partial charge in [0.2, 0.25) is 0 Å². The average Bonchev–Trinajstić information content (AvgIpc) is 2.49. The van der Waals surface area contributed by atoms with Gasteiger partial charge in [0.1, 0.15) is 5.75 Å². The zero-order chi connectivity index (χ0) is 14.5. The summed E-state index contributed by atoms with van der Waals surface area (Å²) in [6.07, 6.45) is 1.56. The lowest BCUT2D eigenvalue weighted by atomic mass is 10.1. The number of nitrogens with one attached hydrogen (secondary N) is 2. The zero-order valence-electron chi connectivity index (χ0n) is 11.3. The Morgan fingerprint density at radius 1 is 1.35 bits per heavy atom. The van der Waals surface area contributed by atoms with Crippen LogP contribution >= 0.6 is 0 Å². The third-order valence-electron chi connectivity index (χ3n) is 2.87. The number of ether oxygens (including phenoxy) is 1. The number of carbonyl (C=O) groups excluding carboxylic acids is 1. The number of carbonyl (C=O) groups is 1. The highest BCUT2D eigenvalue weighted by Crippen LogP contribution is 2.22. The largest absolute Gasteiger partial charge is 0.497 e. The maximum Gasteiger partial charge on any atom is 0.259 e. The lowest BCUT2D eigenvalue weighted by Gasteiger charge is -2.11. The van der Waals surface area contributed by atoms with Gasteiger partial charge in [-0.05, 0) is 42.8 Å². The second-order valence-corrected chi connectivity index (χ2v) is 4.18. The number of nitrogens with zero attached hydrogens (tertiary/aromatic N) is 1. The Morgan fingerprint density at radius 3 is 2.80 bits per heavy atom. The summed E-state index contributed by atoms with van der Waals surface area (Å²) in [7, 11) is 1.60. The van der Waals surface area contributed by atoms with E-state index in [-0.39, 0.29) is 5.91 Å². The number of nitrogen functional groups attached to an aromatic ring is 1. The quantitative estimate of drug-likeness (QED) is 0.584. The summed E-state index contributed by atoms with van der Waals surface area (Å²) in [4.78, 5) is 16.2. The number of pyridine rings is 1. The minimum atomic E-state index is -0.278. The van der Waals surface area contributed by atoms with Gasteiger partial charge in [-0.15, -0.1) is 0 Å². The Balaban J connectivity index is 2.23. The highest BCUT2D eigenvalue weighted by atomic mass is 16.5. The van der Waals surface area contributed by atoms with Crippen molar-refractivity contribution in [1.82, 2.24) is 4.98 Å². The molecule has 0 aliphatic rings. The third-order valence-corrected chi connectivity index (χ3v) is 2.87. The van der Waals surface area contributed by atoms with Gasteiger partial charge >= 0.3 is 0 Å². The van der Waals surface area contributed by atoms with Crippen LogP contribution in [0.25, 0.3) is 0 Å². The highest BCUT2D eigenvalue weighted by molar-refractivity contribution is 6.07. The molecule has 1 aromatic heterocycles. The summed E-state index contributed by atoms with van der Waals surface area (Å²) in [5, 5.41) is 2.82. The van der Waals surface area contributed by atoms with Crippen LogP contribution in [-0.4, -0.2) is 18.0 Å². The molecule has 6 nitrogen and oxygen atoms in total. The molecule has 1 aromatic carbocycles. The number of nitrogens with two attached hydrogens (primary N) is 1. The molecule has 0 bridgehead atoms. The minimum absolute atomic E-state index is 0.278. The van der Waals surface area contributed by atoms with Crippen molar-refractivity contribution in [3.63, 3.8) is 0 Å². The van der Waals surface area contributed by atoms with E-state index in [0.717, 1.165) is 11.3 Å². The van der Waals surface area contributed by atoms with Crippen molar-refractivity contribution in [3.8, 4) is 5.75 Å². The molecule has 2 aromatic rings. The van der Waals surface area contributed by atoms with E-state index in [4.69, 9.17) is 10.6 Å². The van der Waals surface area contributed by atoms with E-state index < -0.39 is 0 Å². The molecule has 20 heavy (non-hydrogen) atoms. The van der Waals surface area contributed by atoms with Gasteiger partial charge in [-0.25, -0.2) is 10.8 Å². The van der Waals surface area contributed by atoms with Crippen LogP contribution < -0.4 is 21.3 Å². The van der Waals surface area contributed by atoms with E-state index >= 15 is 0 Å². The molecule has 0 unspecified atom stereocenters. The summed E-state index contributed by atoms with van der Waals surface area (Å²) in [5.74, 6) is 6.13. The SMILES string of the molecule is COc1ccc(NC(=O)c2cccnc2NN)c(C)c1. The van der Waals surface area contributed by atoms with Crippen molar-refractivity contribution in [2.75, 3.05) is 17.9 Å². The van der Waals surface area contributed by atoms with Crippen LogP contribution in [-0.2, 0) is 0 Å². The Labute approximate surface area is 116 Å². The molecule has 0 saturated carbocycles. The van der Waals surface area contributed by atoms with Gasteiger partial charge in [-0.1, -0.05) is 0 Å². The number of benzene rings is 1. The predicted molar refractivity (Wildman–Crippen MR) is 77.7 cm³/mol. The van der Waals surface area contributed by atoms with Crippen LogP contribution in [0.5, 0.6) is 5.75 Å². The van der Waals surface area contributed by atoms with E-state index in [9.17, 15) is 4.79 Å². The summed E-state index contributed by atoms with van der Waals surface area (Å²) in [6, 6.07) is 8.75. The summed E-state index contributed by atoms with van der Waals surface area (Å²) < 4.78 is 5.13. The number of hydrogen-bond acceptors (Lipinski definition) is 5. The van der Waals surface area contributed by atoms with Crippen LogP contribution in [0.1, 0.15) is 15.9 Å². The van der Waals surface area contributed by atoms with E-state index in [1.807, 2.05) is 13.0 Å². The smallest absolute Gasteiger partial charge is 0.259 e. The van der Waals surface area contributed by atoms with Gasteiger partial charge in [0.25, 0.3) is 5.91 Å². The van der Waals surface area contributed by atoms with Crippen LogP contribution in [0.4, 0.5) is 11.5 Å². The Hall–Kier alpha value is -2.60. The number of hydrogen-bond donors (Lipinski definition) is 3. The number of rotatable bonds is 4. The van der Waals surface area contributed by atoms with Crippen LogP contribution in [0.2, 0.25) is 0 Å². The first-order valence-electron chi connectivity index (χ1n) is 6.03. The number of amides is 1. The monoisotopic (exact) mass is 272 g/mol. The van der Waals surface area contributed by atoms with Crippen LogP contribution in [0, 0.1) is 6.92 Å². The lowest BCUT2D eigenvalue weighted by Crippen LogP contribution is -2.18. The summed E-state index contributed by atoms with van der Waals surface area (Å²) in [6.45, 7) is 1.89. The number of methoxy groups -OCH3 is 1. The predicted octanol–water partition coefficient (Wildman–Crippen LogP) is 1.94. The molecule has 0 aliphatic carbocycles. The van der Waals surface area contributed by atoms with Crippen molar-refractivity contribution in [2.45, 2.75) is 6.92 Å². The molecule has 104 valence electrons.